The quantitative estimate of drug-likeness (QED) is 0.743. The van der Waals surface area contributed by atoms with Crippen molar-refractivity contribution in [2.24, 2.45) is 0 Å². The van der Waals surface area contributed by atoms with Gasteiger partial charge in [-0.3, -0.25) is 0 Å². The Kier molecular flexibility index (Phi) is 4.11. The number of rotatable bonds is 2. The normalized spacial score (nSPS) is 19.3. The zero-order valence-electron chi connectivity index (χ0n) is 12.6. The molecule has 0 radical (unpaired) electrons. The van der Waals surface area contributed by atoms with Crippen LogP contribution in [0.3, 0.4) is 0 Å². The third-order valence-electron chi connectivity index (χ3n) is 3.97. The van der Waals surface area contributed by atoms with Gasteiger partial charge in [0, 0.05) is 32.4 Å². The van der Waals surface area contributed by atoms with Crippen molar-refractivity contribution in [3.8, 4) is 0 Å². The Morgan fingerprint density at radius 1 is 0.826 bits per heavy atom. The van der Waals surface area contributed by atoms with Crippen LogP contribution in [-0.4, -0.2) is 72.5 Å². The van der Waals surface area contributed by atoms with Crippen molar-refractivity contribution in [3.05, 3.63) is 11.3 Å². The summed E-state index contributed by atoms with van der Waals surface area (Å²) in [7, 11) is 0. The Morgan fingerprint density at radius 3 is 2.04 bits per heavy atom. The number of ether oxygens (including phenoxy) is 2. The number of halogens is 1. The number of fused-ring (bicyclic) bond motifs is 1. The highest BCUT2D eigenvalue weighted by molar-refractivity contribution is 6.34. The first-order valence-electron chi connectivity index (χ1n) is 7.67. The zero-order chi connectivity index (χ0) is 15.6. The Morgan fingerprint density at radius 2 is 1.39 bits per heavy atom. The second-order valence-corrected chi connectivity index (χ2v) is 5.78. The van der Waals surface area contributed by atoms with Crippen molar-refractivity contribution in [1.29, 1.82) is 0 Å². The molecule has 122 valence electrons. The van der Waals surface area contributed by atoms with Gasteiger partial charge in [-0.2, -0.15) is 9.97 Å². The average Bonchev–Trinajstić information content (AvgIpc) is 2.63. The van der Waals surface area contributed by atoms with Gasteiger partial charge >= 0.3 is 0 Å². The van der Waals surface area contributed by atoms with Crippen molar-refractivity contribution in [1.82, 2.24) is 19.9 Å². The van der Waals surface area contributed by atoms with Crippen LogP contribution >= 0.6 is 11.6 Å². The van der Waals surface area contributed by atoms with E-state index in [1.54, 1.807) is 6.20 Å². The Balaban J connectivity index is 1.70. The van der Waals surface area contributed by atoms with E-state index in [2.05, 4.69) is 29.7 Å². The monoisotopic (exact) mass is 336 g/mol. The number of morpholine rings is 2. The predicted molar refractivity (Wildman–Crippen MR) is 86.2 cm³/mol. The molecule has 0 aliphatic carbocycles. The molecule has 2 aliphatic heterocycles. The summed E-state index contributed by atoms with van der Waals surface area (Å²) in [5, 5.41) is 1.05. The molecule has 23 heavy (non-hydrogen) atoms. The topological polar surface area (TPSA) is 76.5 Å². The molecule has 4 heterocycles. The molecule has 0 bridgehead atoms. The molecule has 0 saturated carbocycles. The van der Waals surface area contributed by atoms with Crippen LogP contribution in [0.5, 0.6) is 0 Å². The predicted octanol–water partition coefficient (Wildman–Crippen LogP) is 0.746. The number of anilines is 2. The molecule has 2 aliphatic rings. The molecule has 9 heteroatoms. The smallest absolute Gasteiger partial charge is 0.229 e. The van der Waals surface area contributed by atoms with E-state index in [0.717, 1.165) is 26.2 Å². The van der Waals surface area contributed by atoms with Gasteiger partial charge < -0.3 is 19.3 Å². The van der Waals surface area contributed by atoms with Gasteiger partial charge in [0.2, 0.25) is 11.9 Å². The summed E-state index contributed by atoms with van der Waals surface area (Å²) in [6.45, 7) is 5.77. The summed E-state index contributed by atoms with van der Waals surface area (Å²) in [4.78, 5) is 22.1. The first-order chi connectivity index (χ1) is 11.3. The van der Waals surface area contributed by atoms with Crippen LogP contribution in [0.1, 0.15) is 0 Å². The highest BCUT2D eigenvalue weighted by Gasteiger charge is 2.19. The second-order valence-electron chi connectivity index (χ2n) is 5.42. The number of aromatic nitrogens is 4. The maximum Gasteiger partial charge on any atom is 0.229 e. The maximum atomic E-state index is 6.30. The summed E-state index contributed by atoms with van der Waals surface area (Å²) < 4.78 is 10.7. The third-order valence-corrected chi connectivity index (χ3v) is 4.26. The van der Waals surface area contributed by atoms with E-state index in [9.17, 15) is 0 Å². The van der Waals surface area contributed by atoms with Gasteiger partial charge in [-0.05, 0) is 0 Å². The van der Waals surface area contributed by atoms with Gasteiger partial charge in [-0.15, -0.1) is 0 Å². The van der Waals surface area contributed by atoms with E-state index < -0.39 is 0 Å². The van der Waals surface area contributed by atoms with Crippen molar-refractivity contribution in [2.45, 2.75) is 0 Å². The zero-order valence-corrected chi connectivity index (χ0v) is 13.4. The van der Waals surface area contributed by atoms with E-state index in [0.29, 0.717) is 54.5 Å². The molecule has 0 aromatic carbocycles. The minimum absolute atomic E-state index is 0.380. The number of nitrogens with zero attached hydrogens (tertiary/aromatic N) is 6. The van der Waals surface area contributed by atoms with E-state index >= 15 is 0 Å². The summed E-state index contributed by atoms with van der Waals surface area (Å²) >= 11 is 6.30. The van der Waals surface area contributed by atoms with Crippen LogP contribution in [0.15, 0.2) is 6.20 Å². The first-order valence-corrected chi connectivity index (χ1v) is 8.05. The molecular weight excluding hydrogens is 320 g/mol. The Labute approximate surface area is 138 Å². The molecule has 0 atom stereocenters. The molecule has 2 aromatic rings. The second kappa shape index (κ2) is 6.38. The SMILES string of the molecule is Clc1nc(N2CCOCC2)nc2nc(N3CCOCC3)ncc12. The molecular formula is C14H17ClN6O2. The standard InChI is InChI=1S/C14H17ClN6O2/c15-11-10-9-16-13(20-1-5-22-6-2-20)18-12(10)19-14(17-11)21-3-7-23-8-4-21/h9H,1-8H2. The number of hydrogen-bond donors (Lipinski definition) is 0. The fourth-order valence-electron chi connectivity index (χ4n) is 2.68. The van der Waals surface area contributed by atoms with Crippen molar-refractivity contribution >= 4 is 34.5 Å². The first kappa shape index (κ1) is 14.8. The van der Waals surface area contributed by atoms with E-state index in [-0.39, 0.29) is 0 Å². The number of hydrogen-bond acceptors (Lipinski definition) is 8. The maximum absolute atomic E-state index is 6.30. The lowest BCUT2D eigenvalue weighted by molar-refractivity contribution is 0.122. The minimum atomic E-state index is 0.380. The van der Waals surface area contributed by atoms with Gasteiger partial charge in [-0.25, -0.2) is 9.97 Å². The molecule has 0 unspecified atom stereocenters. The van der Waals surface area contributed by atoms with E-state index in [4.69, 9.17) is 21.1 Å². The highest BCUT2D eigenvalue weighted by atomic mass is 35.5. The van der Waals surface area contributed by atoms with Crippen molar-refractivity contribution < 1.29 is 9.47 Å². The largest absolute Gasteiger partial charge is 0.378 e. The van der Waals surface area contributed by atoms with Crippen LogP contribution < -0.4 is 9.80 Å². The fourth-order valence-corrected chi connectivity index (χ4v) is 2.89. The third kappa shape index (κ3) is 3.01. The molecule has 2 aromatic heterocycles. The fraction of sp³-hybridized carbons (Fsp3) is 0.571. The van der Waals surface area contributed by atoms with E-state index in [1.807, 2.05) is 0 Å². The van der Waals surface area contributed by atoms with Crippen LogP contribution in [0.25, 0.3) is 11.0 Å². The summed E-state index contributed by atoms with van der Waals surface area (Å²) in [6.07, 6.45) is 1.69. The molecule has 2 fully saturated rings. The molecule has 0 spiro atoms. The average molecular weight is 337 g/mol. The molecule has 4 rings (SSSR count). The van der Waals surface area contributed by atoms with Gasteiger partial charge in [0.25, 0.3) is 0 Å². The molecule has 0 N–H and O–H groups in total. The Hall–Kier alpha value is -1.77. The van der Waals surface area contributed by atoms with Gasteiger partial charge in [-0.1, -0.05) is 11.6 Å². The summed E-state index contributed by atoms with van der Waals surface area (Å²) in [5.41, 5.74) is 0.572. The van der Waals surface area contributed by atoms with Crippen LogP contribution in [0, 0.1) is 0 Å². The van der Waals surface area contributed by atoms with Crippen LogP contribution in [0.4, 0.5) is 11.9 Å². The van der Waals surface area contributed by atoms with Gasteiger partial charge in [0.05, 0.1) is 31.8 Å². The summed E-state index contributed by atoms with van der Waals surface area (Å²) in [5.74, 6) is 1.25. The molecule has 2 saturated heterocycles. The van der Waals surface area contributed by atoms with Crippen molar-refractivity contribution in [3.63, 3.8) is 0 Å². The lowest BCUT2D eigenvalue weighted by atomic mass is 10.4. The molecule has 8 nitrogen and oxygen atoms in total. The molecule has 0 amide bonds. The highest BCUT2D eigenvalue weighted by Crippen LogP contribution is 2.24. The van der Waals surface area contributed by atoms with Gasteiger partial charge in [0.1, 0.15) is 5.15 Å². The van der Waals surface area contributed by atoms with Crippen molar-refractivity contribution in [2.75, 3.05) is 62.4 Å². The van der Waals surface area contributed by atoms with E-state index in [1.165, 1.54) is 0 Å². The Bertz CT molecular complexity index is 698. The lowest BCUT2D eigenvalue weighted by Crippen LogP contribution is -2.38. The van der Waals surface area contributed by atoms with Crippen LogP contribution in [0.2, 0.25) is 5.15 Å². The van der Waals surface area contributed by atoms with Gasteiger partial charge in [0.15, 0.2) is 5.65 Å². The minimum Gasteiger partial charge on any atom is -0.378 e. The van der Waals surface area contributed by atoms with Crippen LogP contribution in [-0.2, 0) is 9.47 Å². The summed E-state index contributed by atoms with van der Waals surface area (Å²) in [6, 6.07) is 0. The lowest BCUT2D eigenvalue weighted by Gasteiger charge is -2.27.